The molecule has 3 N–H and O–H groups in total. The molecule has 0 saturated heterocycles. The Morgan fingerprint density at radius 3 is 1.86 bits per heavy atom. The molecular weight excluding hydrogens is 272 g/mol. The highest BCUT2D eigenvalue weighted by molar-refractivity contribution is 5.82. The van der Waals surface area contributed by atoms with E-state index in [2.05, 4.69) is 5.32 Å². The van der Waals surface area contributed by atoms with Gasteiger partial charge in [-0.2, -0.15) is 0 Å². The third-order valence-electron chi connectivity index (χ3n) is 4.11. The van der Waals surface area contributed by atoms with E-state index in [0.29, 0.717) is 0 Å². The zero-order chi connectivity index (χ0) is 15.9. The van der Waals surface area contributed by atoms with E-state index in [1.807, 2.05) is 74.5 Å². The number of nitrogens with one attached hydrogen (secondary N) is 1. The maximum atomic E-state index is 12.5. The van der Waals surface area contributed by atoms with Gasteiger partial charge in [-0.3, -0.25) is 4.79 Å². The van der Waals surface area contributed by atoms with E-state index < -0.39 is 6.04 Å². The third kappa shape index (κ3) is 3.95. The van der Waals surface area contributed by atoms with Crippen LogP contribution in [0.3, 0.4) is 0 Å². The Balaban J connectivity index is 2.25. The molecule has 2 aromatic carbocycles. The van der Waals surface area contributed by atoms with Gasteiger partial charge < -0.3 is 11.1 Å². The van der Waals surface area contributed by atoms with Crippen molar-refractivity contribution in [2.24, 2.45) is 11.7 Å². The van der Waals surface area contributed by atoms with Gasteiger partial charge in [0.25, 0.3) is 0 Å². The molecule has 0 aromatic heterocycles. The lowest BCUT2D eigenvalue weighted by molar-refractivity contribution is -0.123. The quantitative estimate of drug-likeness (QED) is 0.859. The minimum absolute atomic E-state index is 0.105. The second-order valence-corrected chi connectivity index (χ2v) is 5.67. The van der Waals surface area contributed by atoms with Crippen LogP contribution in [0.25, 0.3) is 0 Å². The zero-order valence-corrected chi connectivity index (χ0v) is 13.2. The van der Waals surface area contributed by atoms with Gasteiger partial charge in [0.1, 0.15) is 0 Å². The van der Waals surface area contributed by atoms with Gasteiger partial charge in [-0.1, -0.05) is 80.9 Å². The van der Waals surface area contributed by atoms with Crippen LogP contribution in [0.5, 0.6) is 0 Å². The van der Waals surface area contributed by atoms with Gasteiger partial charge in [-0.15, -0.1) is 0 Å². The Labute approximate surface area is 132 Å². The summed E-state index contributed by atoms with van der Waals surface area (Å²) < 4.78 is 0. The Morgan fingerprint density at radius 2 is 1.45 bits per heavy atom. The lowest BCUT2D eigenvalue weighted by Gasteiger charge is -2.24. The molecule has 0 unspecified atom stereocenters. The molecule has 2 aromatic rings. The predicted molar refractivity (Wildman–Crippen MR) is 90.3 cm³/mol. The number of carbonyl (C=O) groups excluding carboxylic acids is 1. The van der Waals surface area contributed by atoms with Crippen molar-refractivity contribution in [2.75, 3.05) is 0 Å². The van der Waals surface area contributed by atoms with Crippen molar-refractivity contribution in [1.82, 2.24) is 5.32 Å². The average molecular weight is 296 g/mol. The highest BCUT2D eigenvalue weighted by atomic mass is 16.2. The largest absolute Gasteiger partial charge is 0.344 e. The summed E-state index contributed by atoms with van der Waals surface area (Å²) in [6, 6.07) is 19.3. The Hall–Kier alpha value is -2.13. The van der Waals surface area contributed by atoms with Gasteiger partial charge >= 0.3 is 0 Å². The fourth-order valence-electron chi connectivity index (χ4n) is 2.40. The minimum Gasteiger partial charge on any atom is -0.344 e. The summed E-state index contributed by atoms with van der Waals surface area (Å²) >= 11 is 0. The van der Waals surface area contributed by atoms with Crippen LogP contribution in [0.1, 0.15) is 37.4 Å². The highest BCUT2D eigenvalue weighted by Crippen LogP contribution is 2.22. The molecule has 0 saturated carbocycles. The first kappa shape index (κ1) is 16.2. The van der Waals surface area contributed by atoms with E-state index in [0.717, 1.165) is 17.5 Å². The van der Waals surface area contributed by atoms with Crippen molar-refractivity contribution in [3.63, 3.8) is 0 Å². The number of rotatable bonds is 6. The third-order valence-corrected chi connectivity index (χ3v) is 4.11. The van der Waals surface area contributed by atoms with E-state index in [9.17, 15) is 4.79 Å². The minimum atomic E-state index is -0.486. The predicted octanol–water partition coefficient (Wildman–Crippen LogP) is 3.27. The van der Waals surface area contributed by atoms with Gasteiger partial charge in [0.05, 0.1) is 12.1 Å². The summed E-state index contributed by atoms with van der Waals surface area (Å²) in [5.74, 6) is 0.0549. The lowest BCUT2D eigenvalue weighted by Crippen LogP contribution is -2.46. The van der Waals surface area contributed by atoms with Crippen LogP contribution in [0.2, 0.25) is 0 Å². The fraction of sp³-hybridized carbons (Fsp3) is 0.316. The van der Waals surface area contributed by atoms with Gasteiger partial charge in [-0.25, -0.2) is 0 Å². The molecule has 116 valence electrons. The molecule has 0 fully saturated rings. The van der Waals surface area contributed by atoms with Crippen LogP contribution in [-0.2, 0) is 4.79 Å². The Kier molecular flexibility index (Phi) is 5.73. The van der Waals surface area contributed by atoms with Crippen LogP contribution >= 0.6 is 0 Å². The number of hydrogen-bond donors (Lipinski definition) is 2. The maximum absolute atomic E-state index is 12.5. The van der Waals surface area contributed by atoms with Crippen molar-refractivity contribution >= 4 is 5.91 Å². The molecular formula is C19H24N2O. The molecule has 3 nitrogen and oxygen atoms in total. The molecule has 0 bridgehead atoms. The van der Waals surface area contributed by atoms with Crippen molar-refractivity contribution in [3.05, 3.63) is 71.8 Å². The first-order chi connectivity index (χ1) is 10.6. The maximum Gasteiger partial charge on any atom is 0.237 e. The number of amides is 1. The van der Waals surface area contributed by atoms with Crippen molar-refractivity contribution in [3.8, 4) is 0 Å². The Morgan fingerprint density at radius 1 is 1.00 bits per heavy atom. The molecule has 2 rings (SSSR count). The summed E-state index contributed by atoms with van der Waals surface area (Å²) in [6.07, 6.45) is 0.885. The van der Waals surface area contributed by atoms with Crippen LogP contribution in [-0.4, -0.2) is 11.9 Å². The molecule has 0 heterocycles. The summed E-state index contributed by atoms with van der Waals surface area (Å²) in [6.45, 7) is 4.05. The second kappa shape index (κ2) is 7.76. The number of benzene rings is 2. The second-order valence-electron chi connectivity index (χ2n) is 5.67. The van der Waals surface area contributed by atoms with E-state index in [1.165, 1.54) is 0 Å². The summed E-state index contributed by atoms with van der Waals surface area (Å²) in [4.78, 5) is 12.5. The number of carbonyl (C=O) groups is 1. The zero-order valence-electron chi connectivity index (χ0n) is 13.2. The van der Waals surface area contributed by atoms with Crippen molar-refractivity contribution < 1.29 is 4.79 Å². The molecule has 0 spiro atoms. The number of hydrogen-bond acceptors (Lipinski definition) is 2. The molecule has 2 atom stereocenters. The molecule has 0 aliphatic carbocycles. The van der Waals surface area contributed by atoms with E-state index in [1.54, 1.807) is 0 Å². The van der Waals surface area contributed by atoms with Crippen LogP contribution in [0, 0.1) is 5.92 Å². The summed E-state index contributed by atoms with van der Waals surface area (Å²) in [5, 5.41) is 3.10. The van der Waals surface area contributed by atoms with Crippen molar-refractivity contribution in [2.45, 2.75) is 32.4 Å². The molecule has 0 aliphatic heterocycles. The smallest absolute Gasteiger partial charge is 0.237 e. The lowest BCUT2D eigenvalue weighted by atomic mass is 9.96. The topological polar surface area (TPSA) is 55.1 Å². The average Bonchev–Trinajstić information content (AvgIpc) is 2.59. The van der Waals surface area contributed by atoms with Gasteiger partial charge in [0.2, 0.25) is 5.91 Å². The van der Waals surface area contributed by atoms with Crippen LogP contribution in [0.15, 0.2) is 60.7 Å². The molecule has 22 heavy (non-hydrogen) atoms. The monoisotopic (exact) mass is 296 g/mol. The van der Waals surface area contributed by atoms with Crippen molar-refractivity contribution in [1.29, 1.82) is 0 Å². The van der Waals surface area contributed by atoms with E-state index >= 15 is 0 Å². The first-order valence-electron chi connectivity index (χ1n) is 7.79. The standard InChI is InChI=1S/C19H24N2O/c1-3-14(2)17(20)19(22)21-18(15-10-6-4-7-11-15)16-12-8-5-9-13-16/h4-14,17-18H,3,20H2,1-2H3,(H,21,22)/t14-,17+/m1/s1. The first-order valence-corrected chi connectivity index (χ1v) is 7.79. The molecule has 1 amide bonds. The van der Waals surface area contributed by atoms with Crippen LogP contribution in [0.4, 0.5) is 0 Å². The molecule has 3 heteroatoms. The SMILES string of the molecule is CC[C@@H](C)[C@H](N)C(=O)NC(c1ccccc1)c1ccccc1. The summed E-state index contributed by atoms with van der Waals surface area (Å²) in [5.41, 5.74) is 8.17. The van der Waals surface area contributed by atoms with Gasteiger partial charge in [0, 0.05) is 0 Å². The van der Waals surface area contributed by atoms with Gasteiger partial charge in [0.15, 0.2) is 0 Å². The van der Waals surface area contributed by atoms with E-state index in [-0.39, 0.29) is 17.9 Å². The summed E-state index contributed by atoms with van der Waals surface area (Å²) in [7, 11) is 0. The number of nitrogens with two attached hydrogens (primary N) is 1. The van der Waals surface area contributed by atoms with Gasteiger partial charge in [-0.05, 0) is 17.0 Å². The van der Waals surface area contributed by atoms with Crippen LogP contribution < -0.4 is 11.1 Å². The molecule has 0 aliphatic rings. The normalized spacial score (nSPS) is 13.6. The fourth-order valence-corrected chi connectivity index (χ4v) is 2.40. The van der Waals surface area contributed by atoms with E-state index in [4.69, 9.17) is 5.73 Å². The Bertz CT molecular complexity index is 543. The molecule has 0 radical (unpaired) electrons. The highest BCUT2D eigenvalue weighted by Gasteiger charge is 2.23.